The Bertz CT molecular complexity index is 355. The molecule has 94 valence electrons. The molecule has 0 spiro atoms. The Balaban J connectivity index is 1.89. The first kappa shape index (κ1) is 13.1. The third kappa shape index (κ3) is 3.57. The van der Waals surface area contributed by atoms with Crippen molar-refractivity contribution < 1.29 is 4.39 Å². The molecule has 1 saturated carbocycles. The molecule has 0 aliphatic heterocycles. The van der Waals surface area contributed by atoms with E-state index < -0.39 is 0 Å². The van der Waals surface area contributed by atoms with E-state index in [1.165, 1.54) is 6.07 Å². The Hall–Kier alpha value is -0.310. The van der Waals surface area contributed by atoms with Gasteiger partial charge in [-0.2, -0.15) is 0 Å². The zero-order valence-corrected chi connectivity index (χ0v) is 11.1. The SMILES string of the molecule is Fc1cccc(Cl)c1CNC1CCC(Cl)CC1. The molecule has 2 rings (SSSR count). The van der Waals surface area contributed by atoms with Gasteiger partial charge in [0.1, 0.15) is 5.82 Å². The molecule has 0 amide bonds. The zero-order valence-electron chi connectivity index (χ0n) is 9.56. The molecule has 1 aromatic rings. The summed E-state index contributed by atoms with van der Waals surface area (Å²) in [6, 6.07) is 5.22. The van der Waals surface area contributed by atoms with Gasteiger partial charge in [0.05, 0.1) is 0 Å². The Morgan fingerprint density at radius 3 is 2.59 bits per heavy atom. The monoisotopic (exact) mass is 275 g/mol. The van der Waals surface area contributed by atoms with Crippen LogP contribution in [0.25, 0.3) is 0 Å². The van der Waals surface area contributed by atoms with Gasteiger partial charge in [0, 0.05) is 28.5 Å². The predicted molar refractivity (Wildman–Crippen MR) is 70.1 cm³/mol. The molecule has 1 nitrogen and oxygen atoms in total. The average molecular weight is 276 g/mol. The third-order valence-electron chi connectivity index (χ3n) is 3.29. The zero-order chi connectivity index (χ0) is 12.3. The Kier molecular flexibility index (Phi) is 4.66. The Labute approximate surface area is 111 Å². The molecule has 4 heteroatoms. The molecule has 1 aliphatic carbocycles. The highest BCUT2D eigenvalue weighted by Crippen LogP contribution is 2.24. The maximum atomic E-state index is 13.5. The van der Waals surface area contributed by atoms with Gasteiger partial charge in [-0.3, -0.25) is 0 Å². The van der Waals surface area contributed by atoms with Gasteiger partial charge in [-0.05, 0) is 37.8 Å². The summed E-state index contributed by atoms with van der Waals surface area (Å²) in [4.78, 5) is 0. The van der Waals surface area contributed by atoms with E-state index in [1.54, 1.807) is 12.1 Å². The summed E-state index contributed by atoms with van der Waals surface area (Å²) >= 11 is 12.0. The quantitative estimate of drug-likeness (QED) is 0.819. The van der Waals surface area contributed by atoms with Crippen molar-refractivity contribution in [1.29, 1.82) is 0 Å². The number of benzene rings is 1. The first-order chi connectivity index (χ1) is 8.16. The number of nitrogens with one attached hydrogen (secondary N) is 1. The van der Waals surface area contributed by atoms with Crippen molar-refractivity contribution in [2.45, 2.75) is 43.6 Å². The minimum atomic E-state index is -0.240. The van der Waals surface area contributed by atoms with Crippen molar-refractivity contribution >= 4 is 23.2 Å². The summed E-state index contributed by atoms with van der Waals surface area (Å²) in [5, 5.41) is 4.16. The fraction of sp³-hybridized carbons (Fsp3) is 0.538. The van der Waals surface area contributed by atoms with Crippen LogP contribution in [0.15, 0.2) is 18.2 Å². The maximum absolute atomic E-state index is 13.5. The average Bonchev–Trinajstić information content (AvgIpc) is 2.31. The summed E-state index contributed by atoms with van der Waals surface area (Å²) in [5.74, 6) is -0.240. The molecule has 1 N–H and O–H groups in total. The van der Waals surface area contributed by atoms with Gasteiger partial charge in [0.25, 0.3) is 0 Å². The second-order valence-corrected chi connectivity index (χ2v) is 5.55. The molecule has 17 heavy (non-hydrogen) atoms. The minimum Gasteiger partial charge on any atom is -0.310 e. The minimum absolute atomic E-state index is 0.240. The number of hydrogen-bond acceptors (Lipinski definition) is 1. The highest BCUT2D eigenvalue weighted by molar-refractivity contribution is 6.31. The van der Waals surface area contributed by atoms with Gasteiger partial charge in [-0.25, -0.2) is 4.39 Å². The first-order valence-electron chi connectivity index (χ1n) is 5.97. The molecule has 0 bridgehead atoms. The van der Waals surface area contributed by atoms with Crippen LogP contribution in [0.4, 0.5) is 4.39 Å². The van der Waals surface area contributed by atoms with E-state index in [0.717, 1.165) is 25.7 Å². The molecule has 1 aliphatic rings. The lowest BCUT2D eigenvalue weighted by Gasteiger charge is -2.26. The summed E-state index contributed by atoms with van der Waals surface area (Å²) in [7, 11) is 0. The Morgan fingerprint density at radius 1 is 1.24 bits per heavy atom. The molecule has 0 unspecified atom stereocenters. The Morgan fingerprint density at radius 2 is 1.94 bits per heavy atom. The third-order valence-corrected chi connectivity index (χ3v) is 4.08. The number of halogens is 3. The van der Waals surface area contributed by atoms with E-state index in [2.05, 4.69) is 5.32 Å². The molecule has 1 fully saturated rings. The van der Waals surface area contributed by atoms with Crippen molar-refractivity contribution in [1.82, 2.24) is 5.32 Å². The largest absolute Gasteiger partial charge is 0.310 e. The summed E-state index contributed by atoms with van der Waals surface area (Å²) in [5.41, 5.74) is 0.558. The van der Waals surface area contributed by atoms with Crippen LogP contribution in [0.1, 0.15) is 31.2 Å². The summed E-state index contributed by atoms with van der Waals surface area (Å²) in [6.07, 6.45) is 4.18. The fourth-order valence-corrected chi connectivity index (χ4v) is 2.69. The smallest absolute Gasteiger partial charge is 0.129 e. The molecule has 0 heterocycles. The van der Waals surface area contributed by atoms with Crippen LogP contribution in [0.5, 0.6) is 0 Å². The van der Waals surface area contributed by atoms with Gasteiger partial charge < -0.3 is 5.32 Å². The van der Waals surface area contributed by atoms with Crippen LogP contribution >= 0.6 is 23.2 Å². The highest BCUT2D eigenvalue weighted by atomic mass is 35.5. The van der Waals surface area contributed by atoms with Crippen LogP contribution in [0.3, 0.4) is 0 Å². The van der Waals surface area contributed by atoms with E-state index >= 15 is 0 Å². The summed E-state index contributed by atoms with van der Waals surface area (Å²) < 4.78 is 13.5. The normalized spacial score (nSPS) is 24.9. The predicted octanol–water partition coefficient (Wildman–Crippen LogP) is 4.12. The lowest BCUT2D eigenvalue weighted by Crippen LogP contribution is -2.33. The molecular formula is C13H16Cl2FN. The standard InChI is InChI=1S/C13H16Cl2FN/c14-9-4-6-10(7-5-9)17-8-11-12(15)2-1-3-13(11)16/h1-3,9-10,17H,4-8H2. The molecule has 0 atom stereocenters. The number of rotatable bonds is 3. The van der Waals surface area contributed by atoms with Crippen LogP contribution in [0.2, 0.25) is 5.02 Å². The van der Waals surface area contributed by atoms with Crippen molar-refractivity contribution in [3.05, 3.63) is 34.6 Å². The topological polar surface area (TPSA) is 12.0 Å². The molecular weight excluding hydrogens is 260 g/mol. The van der Waals surface area contributed by atoms with E-state index in [-0.39, 0.29) is 5.82 Å². The van der Waals surface area contributed by atoms with E-state index in [1.807, 2.05) is 0 Å². The van der Waals surface area contributed by atoms with Crippen LogP contribution in [0, 0.1) is 5.82 Å². The van der Waals surface area contributed by atoms with Gasteiger partial charge >= 0.3 is 0 Å². The lowest BCUT2D eigenvalue weighted by molar-refractivity contribution is 0.374. The van der Waals surface area contributed by atoms with Crippen molar-refractivity contribution in [3.63, 3.8) is 0 Å². The van der Waals surface area contributed by atoms with Gasteiger partial charge in [0.2, 0.25) is 0 Å². The highest BCUT2D eigenvalue weighted by Gasteiger charge is 2.19. The van der Waals surface area contributed by atoms with Crippen LogP contribution in [-0.2, 0) is 6.54 Å². The molecule has 1 aromatic carbocycles. The van der Waals surface area contributed by atoms with Crippen molar-refractivity contribution in [3.8, 4) is 0 Å². The maximum Gasteiger partial charge on any atom is 0.129 e. The van der Waals surface area contributed by atoms with Gasteiger partial charge in [0.15, 0.2) is 0 Å². The van der Waals surface area contributed by atoms with Crippen LogP contribution in [-0.4, -0.2) is 11.4 Å². The first-order valence-corrected chi connectivity index (χ1v) is 6.78. The molecule has 0 saturated heterocycles. The molecule has 0 radical (unpaired) electrons. The van der Waals surface area contributed by atoms with Gasteiger partial charge in [-0.15, -0.1) is 11.6 Å². The van der Waals surface area contributed by atoms with Crippen molar-refractivity contribution in [2.75, 3.05) is 0 Å². The fourth-order valence-electron chi connectivity index (χ4n) is 2.20. The van der Waals surface area contributed by atoms with Crippen LogP contribution < -0.4 is 5.32 Å². The van der Waals surface area contributed by atoms with Gasteiger partial charge in [-0.1, -0.05) is 17.7 Å². The second-order valence-electron chi connectivity index (χ2n) is 4.53. The number of hydrogen-bond donors (Lipinski definition) is 1. The summed E-state index contributed by atoms with van der Waals surface area (Å²) in [6.45, 7) is 0.489. The molecule has 0 aromatic heterocycles. The van der Waals surface area contributed by atoms with Crippen molar-refractivity contribution in [2.24, 2.45) is 0 Å². The number of alkyl halides is 1. The second kappa shape index (κ2) is 6.03. The van der Waals surface area contributed by atoms with E-state index in [4.69, 9.17) is 23.2 Å². The lowest BCUT2D eigenvalue weighted by atomic mass is 9.95. The van der Waals surface area contributed by atoms with E-state index in [0.29, 0.717) is 28.5 Å². The van der Waals surface area contributed by atoms with E-state index in [9.17, 15) is 4.39 Å².